The van der Waals surface area contributed by atoms with E-state index in [1.165, 1.54) is 0 Å². The van der Waals surface area contributed by atoms with Gasteiger partial charge in [0.2, 0.25) is 5.91 Å². The lowest BCUT2D eigenvalue weighted by molar-refractivity contribution is -0.116. The zero-order valence-corrected chi connectivity index (χ0v) is 10.9. The summed E-state index contributed by atoms with van der Waals surface area (Å²) in [5, 5.41) is 9.59. The van der Waals surface area contributed by atoms with Crippen LogP contribution in [0.4, 0.5) is 17.3 Å². The molecule has 0 unspecified atom stereocenters. The fourth-order valence-electron chi connectivity index (χ4n) is 1.55. The monoisotopic (exact) mass is 260 g/mol. The topological polar surface area (TPSA) is 80.0 Å². The number of nitrogens with zero attached hydrogens (tertiary/aromatic N) is 2. The van der Waals surface area contributed by atoms with Crippen LogP contribution in [-0.2, 0) is 4.79 Å². The number of amides is 1. The summed E-state index contributed by atoms with van der Waals surface area (Å²) < 4.78 is 4.94. The lowest BCUT2D eigenvalue weighted by Gasteiger charge is -2.05. The Morgan fingerprint density at radius 2 is 2.21 bits per heavy atom. The third-order valence-corrected chi connectivity index (χ3v) is 2.41. The number of rotatable bonds is 5. The second kappa shape index (κ2) is 5.99. The summed E-state index contributed by atoms with van der Waals surface area (Å²) in [4.78, 5) is 15.6. The molecule has 2 aromatic rings. The molecule has 6 heteroatoms. The van der Waals surface area contributed by atoms with Crippen LogP contribution in [0.2, 0.25) is 0 Å². The van der Waals surface area contributed by atoms with Crippen molar-refractivity contribution in [2.75, 3.05) is 10.6 Å². The highest BCUT2D eigenvalue weighted by molar-refractivity contribution is 5.90. The summed E-state index contributed by atoms with van der Waals surface area (Å²) >= 11 is 0. The third-order valence-electron chi connectivity index (χ3n) is 2.41. The minimum absolute atomic E-state index is 0.00265. The maximum atomic E-state index is 11.4. The fourth-order valence-corrected chi connectivity index (χ4v) is 1.55. The average Bonchev–Trinajstić information content (AvgIpc) is 2.78. The molecule has 0 aliphatic heterocycles. The van der Waals surface area contributed by atoms with Crippen LogP contribution in [0.15, 0.2) is 28.9 Å². The summed E-state index contributed by atoms with van der Waals surface area (Å²) in [5.41, 5.74) is 0.681. The number of carbonyl (C=O) groups is 1. The number of carbonyl (C=O) groups excluding carboxylic acids is 1. The lowest BCUT2D eigenvalue weighted by Crippen LogP contribution is -2.10. The highest BCUT2D eigenvalue weighted by atomic mass is 16.5. The first-order chi connectivity index (χ1) is 9.17. The van der Waals surface area contributed by atoms with Crippen LogP contribution < -0.4 is 10.6 Å². The van der Waals surface area contributed by atoms with Gasteiger partial charge in [-0.25, -0.2) is 4.98 Å². The molecule has 0 fully saturated rings. The molecule has 2 N–H and O–H groups in total. The number of nitrogens with one attached hydrogen (secondary N) is 2. The first-order valence-electron chi connectivity index (χ1n) is 6.13. The van der Waals surface area contributed by atoms with E-state index >= 15 is 0 Å². The van der Waals surface area contributed by atoms with E-state index in [0.29, 0.717) is 23.7 Å². The zero-order valence-electron chi connectivity index (χ0n) is 10.9. The number of hydrogen-bond donors (Lipinski definition) is 2. The normalized spacial score (nSPS) is 10.2. The van der Waals surface area contributed by atoms with Crippen LogP contribution in [0.25, 0.3) is 0 Å². The van der Waals surface area contributed by atoms with Gasteiger partial charge in [-0.3, -0.25) is 4.79 Å². The van der Waals surface area contributed by atoms with E-state index in [-0.39, 0.29) is 5.91 Å². The van der Waals surface area contributed by atoms with Gasteiger partial charge in [0.1, 0.15) is 11.6 Å². The number of hydrogen-bond acceptors (Lipinski definition) is 5. The van der Waals surface area contributed by atoms with Crippen molar-refractivity contribution in [2.45, 2.75) is 26.7 Å². The van der Waals surface area contributed by atoms with Crippen LogP contribution in [0.1, 0.15) is 25.5 Å². The number of aromatic nitrogens is 2. The van der Waals surface area contributed by atoms with Crippen LogP contribution in [0, 0.1) is 6.92 Å². The molecule has 0 aromatic carbocycles. The summed E-state index contributed by atoms with van der Waals surface area (Å²) in [6.07, 6.45) is 2.94. The van der Waals surface area contributed by atoms with Crippen molar-refractivity contribution in [2.24, 2.45) is 0 Å². The standard InChI is InChI=1S/C13H16N4O2/c1-3-4-13(18)15-10-5-6-11(14-8-10)16-12-7-9(2)19-17-12/h5-8H,3-4H2,1-2H3,(H,15,18)(H,14,16,17). The van der Waals surface area contributed by atoms with Crippen molar-refractivity contribution in [1.82, 2.24) is 10.1 Å². The van der Waals surface area contributed by atoms with Gasteiger partial charge in [-0.05, 0) is 25.5 Å². The molecule has 2 rings (SSSR count). The Morgan fingerprint density at radius 3 is 2.79 bits per heavy atom. The van der Waals surface area contributed by atoms with Crippen molar-refractivity contribution in [3.05, 3.63) is 30.2 Å². The van der Waals surface area contributed by atoms with Gasteiger partial charge in [0.15, 0.2) is 5.82 Å². The van der Waals surface area contributed by atoms with Crippen molar-refractivity contribution in [1.29, 1.82) is 0 Å². The Labute approximate surface area is 111 Å². The zero-order chi connectivity index (χ0) is 13.7. The van der Waals surface area contributed by atoms with Gasteiger partial charge >= 0.3 is 0 Å². The minimum Gasteiger partial charge on any atom is -0.360 e. The predicted molar refractivity (Wildman–Crippen MR) is 72.3 cm³/mol. The molecule has 2 heterocycles. The van der Waals surface area contributed by atoms with E-state index in [4.69, 9.17) is 4.52 Å². The second-order valence-corrected chi connectivity index (χ2v) is 4.18. The SMILES string of the molecule is CCCC(=O)Nc1ccc(Nc2cc(C)on2)nc1. The van der Waals surface area contributed by atoms with Gasteiger partial charge in [0, 0.05) is 12.5 Å². The minimum atomic E-state index is -0.00265. The van der Waals surface area contributed by atoms with E-state index in [2.05, 4.69) is 20.8 Å². The summed E-state index contributed by atoms with van der Waals surface area (Å²) in [5.74, 6) is 1.97. The van der Waals surface area contributed by atoms with Crippen LogP contribution in [0.5, 0.6) is 0 Å². The van der Waals surface area contributed by atoms with Gasteiger partial charge in [0.25, 0.3) is 0 Å². The largest absolute Gasteiger partial charge is 0.360 e. The Bertz CT molecular complexity index is 548. The average molecular weight is 260 g/mol. The van der Waals surface area contributed by atoms with Crippen LogP contribution in [-0.4, -0.2) is 16.0 Å². The van der Waals surface area contributed by atoms with Gasteiger partial charge < -0.3 is 15.2 Å². The third kappa shape index (κ3) is 3.80. The van der Waals surface area contributed by atoms with Crippen molar-refractivity contribution < 1.29 is 9.32 Å². The van der Waals surface area contributed by atoms with Crippen molar-refractivity contribution >= 4 is 23.2 Å². The molecule has 6 nitrogen and oxygen atoms in total. The number of pyridine rings is 1. The van der Waals surface area contributed by atoms with Crippen molar-refractivity contribution in [3.8, 4) is 0 Å². The molecular weight excluding hydrogens is 244 g/mol. The highest BCUT2D eigenvalue weighted by Gasteiger charge is 2.03. The smallest absolute Gasteiger partial charge is 0.224 e. The van der Waals surface area contributed by atoms with Crippen molar-refractivity contribution in [3.63, 3.8) is 0 Å². The predicted octanol–water partition coefficient (Wildman–Crippen LogP) is 2.86. The highest BCUT2D eigenvalue weighted by Crippen LogP contribution is 2.16. The fraction of sp³-hybridized carbons (Fsp3) is 0.308. The molecule has 100 valence electrons. The van der Waals surface area contributed by atoms with E-state index in [0.717, 1.165) is 12.2 Å². The van der Waals surface area contributed by atoms with E-state index in [9.17, 15) is 4.79 Å². The molecule has 0 radical (unpaired) electrons. The van der Waals surface area contributed by atoms with E-state index in [1.54, 1.807) is 24.4 Å². The summed E-state index contributed by atoms with van der Waals surface area (Å²) in [6.45, 7) is 3.78. The van der Waals surface area contributed by atoms with Gasteiger partial charge in [0.05, 0.1) is 11.9 Å². The molecule has 19 heavy (non-hydrogen) atoms. The van der Waals surface area contributed by atoms with Crippen LogP contribution >= 0.6 is 0 Å². The molecule has 0 aliphatic carbocycles. The first-order valence-corrected chi connectivity index (χ1v) is 6.13. The molecular formula is C13H16N4O2. The Hall–Kier alpha value is -2.37. The molecule has 0 bridgehead atoms. The Morgan fingerprint density at radius 1 is 1.37 bits per heavy atom. The molecule has 0 atom stereocenters. The lowest BCUT2D eigenvalue weighted by atomic mass is 10.3. The van der Waals surface area contributed by atoms with Gasteiger partial charge in [-0.15, -0.1) is 0 Å². The number of anilines is 3. The Kier molecular flexibility index (Phi) is 4.12. The molecule has 0 saturated heterocycles. The Balaban J connectivity index is 1.96. The quantitative estimate of drug-likeness (QED) is 0.864. The molecule has 0 saturated carbocycles. The maximum Gasteiger partial charge on any atom is 0.224 e. The maximum absolute atomic E-state index is 11.4. The second-order valence-electron chi connectivity index (χ2n) is 4.18. The van der Waals surface area contributed by atoms with Gasteiger partial charge in [-0.1, -0.05) is 12.1 Å². The van der Waals surface area contributed by atoms with E-state index < -0.39 is 0 Å². The molecule has 0 spiro atoms. The summed E-state index contributed by atoms with van der Waals surface area (Å²) in [6, 6.07) is 5.33. The number of aryl methyl sites for hydroxylation is 1. The molecule has 0 aliphatic rings. The van der Waals surface area contributed by atoms with E-state index in [1.807, 2.05) is 13.8 Å². The first kappa shape index (κ1) is 13.1. The summed E-state index contributed by atoms with van der Waals surface area (Å²) in [7, 11) is 0. The van der Waals surface area contributed by atoms with Gasteiger partial charge in [-0.2, -0.15) is 0 Å². The van der Waals surface area contributed by atoms with Crippen LogP contribution in [0.3, 0.4) is 0 Å². The molecule has 2 aromatic heterocycles. The molecule has 1 amide bonds.